The molecule has 0 aromatic heterocycles. The van der Waals surface area contributed by atoms with Crippen molar-refractivity contribution in [1.29, 1.82) is 0 Å². The monoisotopic (exact) mass is 453 g/mol. The Balaban J connectivity index is 1.60. The number of carbonyl (C=O) groups excluding carboxylic acids is 1. The number of hydrogen-bond donors (Lipinski definition) is 2. The third kappa shape index (κ3) is 8.12. The highest BCUT2D eigenvalue weighted by Gasteiger charge is 2.24. The Morgan fingerprint density at radius 1 is 0.970 bits per heavy atom. The van der Waals surface area contributed by atoms with Crippen molar-refractivity contribution in [2.75, 3.05) is 6.61 Å². The van der Waals surface area contributed by atoms with Crippen LogP contribution in [0.2, 0.25) is 0 Å². The summed E-state index contributed by atoms with van der Waals surface area (Å²) in [5, 5.41) is 12.1. The maximum absolute atomic E-state index is 12.4. The van der Waals surface area contributed by atoms with Gasteiger partial charge in [-0.25, -0.2) is 9.59 Å². The van der Waals surface area contributed by atoms with Crippen LogP contribution in [0.3, 0.4) is 0 Å². The lowest BCUT2D eigenvalue weighted by atomic mass is 9.85. The van der Waals surface area contributed by atoms with Crippen LogP contribution in [0.15, 0.2) is 48.5 Å². The summed E-state index contributed by atoms with van der Waals surface area (Å²) in [5.41, 5.74) is 1.64. The fraction of sp³-hybridized carbons (Fsp3) is 0.481. The quantitative estimate of drug-likeness (QED) is 0.490. The van der Waals surface area contributed by atoms with Gasteiger partial charge in [0, 0.05) is 0 Å². The van der Waals surface area contributed by atoms with E-state index in [-0.39, 0.29) is 11.6 Å². The van der Waals surface area contributed by atoms with Crippen molar-refractivity contribution >= 4 is 12.1 Å². The maximum atomic E-state index is 12.4. The van der Waals surface area contributed by atoms with E-state index in [0.717, 1.165) is 23.3 Å². The molecule has 0 unspecified atom stereocenters. The van der Waals surface area contributed by atoms with Gasteiger partial charge in [-0.05, 0) is 68.5 Å². The van der Waals surface area contributed by atoms with Crippen LogP contribution in [-0.4, -0.2) is 35.4 Å². The fourth-order valence-corrected chi connectivity index (χ4v) is 4.21. The number of ether oxygens (including phenoxy) is 2. The van der Waals surface area contributed by atoms with E-state index in [2.05, 4.69) is 5.32 Å². The number of carbonyl (C=O) groups is 2. The van der Waals surface area contributed by atoms with Gasteiger partial charge in [0.1, 0.15) is 18.0 Å². The zero-order valence-electron chi connectivity index (χ0n) is 19.8. The van der Waals surface area contributed by atoms with Crippen LogP contribution in [0.25, 0.3) is 11.1 Å². The van der Waals surface area contributed by atoms with Crippen LogP contribution in [0.4, 0.5) is 4.79 Å². The Bertz CT molecular complexity index is 909. The molecular formula is C27H35NO5. The molecule has 178 valence electrons. The largest absolute Gasteiger partial charge is 0.491 e. The summed E-state index contributed by atoms with van der Waals surface area (Å²) in [7, 11) is 0. The van der Waals surface area contributed by atoms with Gasteiger partial charge in [0.15, 0.2) is 0 Å². The number of nitrogens with one attached hydrogen (secondary N) is 1. The summed E-state index contributed by atoms with van der Waals surface area (Å²) in [4.78, 5) is 23.4. The number of benzene rings is 2. The van der Waals surface area contributed by atoms with Gasteiger partial charge in [-0.15, -0.1) is 0 Å². The van der Waals surface area contributed by atoms with E-state index in [9.17, 15) is 9.59 Å². The molecule has 0 bridgehead atoms. The van der Waals surface area contributed by atoms with Crippen LogP contribution in [-0.2, 0) is 4.74 Å². The van der Waals surface area contributed by atoms with Crippen molar-refractivity contribution in [3.05, 3.63) is 54.1 Å². The second-order valence-electron chi connectivity index (χ2n) is 9.80. The number of carboxylic acid groups (broad SMARTS) is 1. The summed E-state index contributed by atoms with van der Waals surface area (Å²) in [5.74, 6) is 0.382. The lowest BCUT2D eigenvalue weighted by Crippen LogP contribution is -2.43. The Labute approximate surface area is 196 Å². The molecule has 1 atom stereocenters. The summed E-state index contributed by atoms with van der Waals surface area (Å²) in [6, 6.07) is 14.4. The zero-order chi connectivity index (χ0) is 23.8. The number of alkyl carbamates (subject to hydrolysis) is 1. The van der Waals surface area contributed by atoms with Gasteiger partial charge in [-0.1, -0.05) is 56.4 Å². The Morgan fingerprint density at radius 3 is 2.09 bits per heavy atom. The van der Waals surface area contributed by atoms with Gasteiger partial charge in [-0.3, -0.25) is 0 Å². The lowest BCUT2D eigenvalue weighted by Gasteiger charge is -2.28. The van der Waals surface area contributed by atoms with Crippen LogP contribution in [0.5, 0.6) is 5.75 Å². The fourth-order valence-electron chi connectivity index (χ4n) is 4.21. The molecule has 0 spiro atoms. The molecule has 1 amide bonds. The van der Waals surface area contributed by atoms with Crippen LogP contribution >= 0.6 is 0 Å². The van der Waals surface area contributed by atoms with E-state index in [1.54, 1.807) is 24.3 Å². The molecule has 0 saturated heterocycles. The molecule has 0 aliphatic heterocycles. The Morgan fingerprint density at radius 2 is 1.55 bits per heavy atom. The van der Waals surface area contributed by atoms with E-state index in [1.165, 1.54) is 32.1 Å². The van der Waals surface area contributed by atoms with Crippen molar-refractivity contribution in [3.63, 3.8) is 0 Å². The topological polar surface area (TPSA) is 84.9 Å². The van der Waals surface area contributed by atoms with Crippen molar-refractivity contribution in [2.45, 2.75) is 70.9 Å². The van der Waals surface area contributed by atoms with Crippen molar-refractivity contribution < 1.29 is 24.2 Å². The first-order chi connectivity index (χ1) is 15.7. The minimum absolute atomic E-state index is 0.119. The van der Waals surface area contributed by atoms with Gasteiger partial charge in [0.05, 0.1) is 11.6 Å². The second kappa shape index (κ2) is 11.2. The summed E-state index contributed by atoms with van der Waals surface area (Å²) >= 11 is 0. The molecule has 0 radical (unpaired) electrons. The van der Waals surface area contributed by atoms with Crippen molar-refractivity contribution in [1.82, 2.24) is 5.32 Å². The number of rotatable bonds is 8. The van der Waals surface area contributed by atoms with E-state index in [4.69, 9.17) is 14.6 Å². The smallest absolute Gasteiger partial charge is 0.407 e. The number of hydrogen-bond acceptors (Lipinski definition) is 4. The number of carboxylic acids is 1. The molecule has 33 heavy (non-hydrogen) atoms. The molecule has 1 aliphatic rings. The highest BCUT2D eigenvalue weighted by atomic mass is 16.6. The Hall–Kier alpha value is -3.02. The first-order valence-corrected chi connectivity index (χ1v) is 11.8. The average molecular weight is 454 g/mol. The molecule has 1 aliphatic carbocycles. The van der Waals surface area contributed by atoms with E-state index < -0.39 is 17.7 Å². The molecule has 1 fully saturated rings. The molecule has 2 aromatic rings. The minimum Gasteiger partial charge on any atom is -0.491 e. The molecule has 6 nitrogen and oxygen atoms in total. The van der Waals surface area contributed by atoms with E-state index in [1.807, 2.05) is 45.0 Å². The molecule has 1 saturated carbocycles. The average Bonchev–Trinajstić information content (AvgIpc) is 2.77. The molecular weight excluding hydrogens is 418 g/mol. The first-order valence-electron chi connectivity index (χ1n) is 11.8. The molecule has 2 aromatic carbocycles. The van der Waals surface area contributed by atoms with E-state index >= 15 is 0 Å². The van der Waals surface area contributed by atoms with Gasteiger partial charge >= 0.3 is 12.1 Å². The standard InChI is InChI=1S/C27H35NO5/c1-27(2,3)33-26(31)28-23(17-19-7-5-4-6-8-19)18-32-24-15-13-21(14-16-24)20-9-11-22(12-10-20)25(29)30/h9-16,19,23H,4-8,17-18H2,1-3H3,(H,28,31)(H,29,30)/t23-/m0/s1. The van der Waals surface area contributed by atoms with Gasteiger partial charge in [0.2, 0.25) is 0 Å². The van der Waals surface area contributed by atoms with Crippen molar-refractivity contribution in [3.8, 4) is 16.9 Å². The predicted octanol–water partition coefficient (Wildman–Crippen LogP) is 6.29. The number of aromatic carboxylic acids is 1. The van der Waals surface area contributed by atoms with Crippen LogP contribution in [0.1, 0.15) is 69.7 Å². The maximum Gasteiger partial charge on any atom is 0.407 e. The third-order valence-electron chi connectivity index (χ3n) is 5.83. The molecule has 2 N–H and O–H groups in total. The van der Waals surface area contributed by atoms with Crippen LogP contribution in [0, 0.1) is 5.92 Å². The molecule has 0 heterocycles. The zero-order valence-corrected chi connectivity index (χ0v) is 19.8. The van der Waals surface area contributed by atoms with Crippen LogP contribution < -0.4 is 10.1 Å². The summed E-state index contributed by atoms with van der Waals surface area (Å²) < 4.78 is 11.5. The predicted molar refractivity (Wildman–Crippen MR) is 129 cm³/mol. The lowest BCUT2D eigenvalue weighted by molar-refractivity contribution is 0.0474. The highest BCUT2D eigenvalue weighted by Crippen LogP contribution is 2.28. The number of amides is 1. The minimum atomic E-state index is -0.937. The molecule has 6 heteroatoms. The summed E-state index contributed by atoms with van der Waals surface area (Å²) in [6.07, 6.45) is 6.66. The highest BCUT2D eigenvalue weighted by molar-refractivity contribution is 5.88. The van der Waals surface area contributed by atoms with Gasteiger partial charge < -0.3 is 19.9 Å². The normalized spacial score (nSPS) is 15.5. The van der Waals surface area contributed by atoms with Crippen molar-refractivity contribution in [2.24, 2.45) is 5.92 Å². The summed E-state index contributed by atoms with van der Waals surface area (Å²) in [6.45, 7) is 5.95. The van der Waals surface area contributed by atoms with Gasteiger partial charge in [-0.2, -0.15) is 0 Å². The second-order valence-corrected chi connectivity index (χ2v) is 9.80. The van der Waals surface area contributed by atoms with E-state index in [0.29, 0.717) is 12.5 Å². The third-order valence-corrected chi connectivity index (χ3v) is 5.83. The SMILES string of the molecule is CC(C)(C)OC(=O)N[C@H](COc1ccc(-c2ccc(C(=O)O)cc2)cc1)CC1CCCCC1. The first kappa shape index (κ1) is 24.6. The molecule has 3 rings (SSSR count). The Kier molecular flexibility index (Phi) is 8.37. The van der Waals surface area contributed by atoms with Gasteiger partial charge in [0.25, 0.3) is 0 Å².